The maximum atomic E-state index is 13.4. The molecule has 0 aliphatic heterocycles. The van der Waals surface area contributed by atoms with E-state index in [1.54, 1.807) is 0 Å². The van der Waals surface area contributed by atoms with Crippen LogP contribution in [0.5, 0.6) is 5.75 Å². The number of benzene rings is 1. The number of phenolic OH excluding ortho intramolecular Hbond substituents is 1. The van der Waals surface area contributed by atoms with Crippen molar-refractivity contribution in [2.24, 2.45) is 0 Å². The molecule has 0 saturated heterocycles. The topological polar surface area (TPSA) is 77.8 Å². The standard InChI is InChI=1S/C11H13FO4S/c1-6(13)17-5-9(15)11(16)7-3-2-4-8(14)10(7)12/h2-4,9,11,14-16H,5H2,1H3. The molecule has 0 radical (unpaired) electrons. The fraction of sp³-hybridized carbons (Fsp3) is 0.364. The number of carbonyl (C=O) groups excluding carboxylic acids is 1. The van der Waals surface area contributed by atoms with Crippen LogP contribution in [0.3, 0.4) is 0 Å². The Kier molecular flexibility index (Phi) is 4.92. The van der Waals surface area contributed by atoms with Crippen LogP contribution in [0.2, 0.25) is 0 Å². The zero-order valence-electron chi connectivity index (χ0n) is 9.13. The van der Waals surface area contributed by atoms with Gasteiger partial charge in [0.25, 0.3) is 0 Å². The van der Waals surface area contributed by atoms with Crippen molar-refractivity contribution in [1.29, 1.82) is 0 Å². The van der Waals surface area contributed by atoms with Crippen molar-refractivity contribution < 1.29 is 24.5 Å². The van der Waals surface area contributed by atoms with Gasteiger partial charge in [-0.15, -0.1) is 0 Å². The van der Waals surface area contributed by atoms with Gasteiger partial charge in [0, 0.05) is 18.2 Å². The average Bonchev–Trinajstić information content (AvgIpc) is 2.28. The molecule has 0 aromatic heterocycles. The van der Waals surface area contributed by atoms with Gasteiger partial charge in [0.15, 0.2) is 16.7 Å². The molecule has 1 aromatic rings. The van der Waals surface area contributed by atoms with Crippen LogP contribution in [0.25, 0.3) is 0 Å². The van der Waals surface area contributed by atoms with E-state index in [1.165, 1.54) is 19.1 Å². The fourth-order valence-electron chi connectivity index (χ4n) is 1.27. The lowest BCUT2D eigenvalue weighted by atomic mass is 10.0. The summed E-state index contributed by atoms with van der Waals surface area (Å²) in [6, 6.07) is 3.77. The first-order valence-electron chi connectivity index (χ1n) is 4.90. The molecule has 0 heterocycles. The van der Waals surface area contributed by atoms with Crippen molar-refractivity contribution >= 4 is 16.9 Å². The first kappa shape index (κ1) is 14.0. The van der Waals surface area contributed by atoms with Crippen LogP contribution in [-0.4, -0.2) is 32.3 Å². The zero-order valence-corrected chi connectivity index (χ0v) is 9.95. The SMILES string of the molecule is CC(=O)SCC(O)C(O)c1cccc(O)c1F. The van der Waals surface area contributed by atoms with Gasteiger partial charge >= 0.3 is 0 Å². The number of rotatable bonds is 4. The molecule has 3 N–H and O–H groups in total. The van der Waals surface area contributed by atoms with Crippen LogP contribution in [-0.2, 0) is 4.79 Å². The molecule has 17 heavy (non-hydrogen) atoms. The van der Waals surface area contributed by atoms with Gasteiger partial charge in [0.05, 0.1) is 6.10 Å². The third-order valence-corrected chi connectivity index (χ3v) is 3.06. The van der Waals surface area contributed by atoms with Crippen molar-refractivity contribution in [3.05, 3.63) is 29.6 Å². The molecule has 1 aromatic carbocycles. The summed E-state index contributed by atoms with van der Waals surface area (Å²) in [6.45, 7) is 1.33. The Morgan fingerprint density at radius 1 is 1.47 bits per heavy atom. The van der Waals surface area contributed by atoms with E-state index in [2.05, 4.69) is 0 Å². The summed E-state index contributed by atoms with van der Waals surface area (Å²) in [5.41, 5.74) is -0.193. The Balaban J connectivity index is 2.77. The summed E-state index contributed by atoms with van der Waals surface area (Å²) < 4.78 is 13.4. The van der Waals surface area contributed by atoms with Crippen molar-refractivity contribution in [2.75, 3.05) is 5.75 Å². The third kappa shape index (κ3) is 3.69. The Morgan fingerprint density at radius 2 is 2.12 bits per heavy atom. The molecular weight excluding hydrogens is 247 g/mol. The van der Waals surface area contributed by atoms with E-state index in [4.69, 9.17) is 5.11 Å². The van der Waals surface area contributed by atoms with Crippen molar-refractivity contribution in [1.82, 2.24) is 0 Å². The average molecular weight is 260 g/mol. The zero-order chi connectivity index (χ0) is 13.0. The summed E-state index contributed by atoms with van der Waals surface area (Å²) in [6.07, 6.45) is -2.76. The molecular formula is C11H13FO4S. The molecule has 0 saturated carbocycles. The van der Waals surface area contributed by atoms with Crippen molar-refractivity contribution in [3.63, 3.8) is 0 Å². The molecule has 0 aliphatic carbocycles. The Bertz CT molecular complexity index is 410. The predicted octanol–water partition coefficient (Wildman–Crippen LogP) is 1.21. The minimum atomic E-state index is -1.48. The van der Waals surface area contributed by atoms with E-state index in [0.29, 0.717) is 0 Å². The second kappa shape index (κ2) is 6.00. The van der Waals surface area contributed by atoms with E-state index >= 15 is 0 Å². The molecule has 1 rings (SSSR count). The minimum Gasteiger partial charge on any atom is -0.505 e. The monoisotopic (exact) mass is 260 g/mol. The second-order valence-electron chi connectivity index (χ2n) is 3.50. The highest BCUT2D eigenvalue weighted by Gasteiger charge is 2.23. The van der Waals surface area contributed by atoms with E-state index in [-0.39, 0.29) is 16.4 Å². The van der Waals surface area contributed by atoms with Gasteiger partial charge in [-0.25, -0.2) is 4.39 Å². The fourth-order valence-corrected chi connectivity index (χ4v) is 1.85. The maximum Gasteiger partial charge on any atom is 0.185 e. The Hall–Kier alpha value is -1.11. The third-order valence-electron chi connectivity index (χ3n) is 2.15. The minimum absolute atomic E-state index is 0.0361. The highest BCUT2D eigenvalue weighted by atomic mass is 32.2. The molecule has 0 bridgehead atoms. The van der Waals surface area contributed by atoms with Gasteiger partial charge in [-0.05, 0) is 6.07 Å². The predicted molar refractivity (Wildman–Crippen MR) is 62.2 cm³/mol. The number of aliphatic hydroxyl groups excluding tert-OH is 2. The Labute approximate surface area is 102 Å². The first-order chi connectivity index (χ1) is 7.93. The molecule has 6 heteroatoms. The highest BCUT2D eigenvalue weighted by Crippen LogP contribution is 2.27. The van der Waals surface area contributed by atoms with Gasteiger partial charge in [-0.2, -0.15) is 0 Å². The van der Waals surface area contributed by atoms with E-state index in [1.807, 2.05) is 0 Å². The summed E-state index contributed by atoms with van der Waals surface area (Å²) >= 11 is 0.839. The highest BCUT2D eigenvalue weighted by molar-refractivity contribution is 8.13. The van der Waals surface area contributed by atoms with Crippen molar-refractivity contribution in [3.8, 4) is 5.75 Å². The summed E-state index contributed by atoms with van der Waals surface area (Å²) in [5, 5.41) is 28.2. The number of hydrogen-bond donors (Lipinski definition) is 3. The molecule has 2 atom stereocenters. The largest absolute Gasteiger partial charge is 0.505 e. The van der Waals surface area contributed by atoms with Crippen LogP contribution in [0, 0.1) is 5.82 Å². The molecule has 0 fully saturated rings. The molecule has 94 valence electrons. The Morgan fingerprint density at radius 3 is 2.71 bits per heavy atom. The summed E-state index contributed by atoms with van der Waals surface area (Å²) in [5.74, 6) is -1.59. The number of phenols is 1. The normalized spacial score (nSPS) is 14.4. The van der Waals surface area contributed by atoms with Crippen LogP contribution >= 0.6 is 11.8 Å². The van der Waals surface area contributed by atoms with Crippen LogP contribution in [0.15, 0.2) is 18.2 Å². The number of carbonyl (C=O) groups is 1. The van der Waals surface area contributed by atoms with Gasteiger partial charge in [0.2, 0.25) is 0 Å². The van der Waals surface area contributed by atoms with Gasteiger partial charge in [-0.1, -0.05) is 23.9 Å². The molecule has 4 nitrogen and oxygen atoms in total. The summed E-state index contributed by atoms with van der Waals surface area (Å²) in [7, 11) is 0. The van der Waals surface area contributed by atoms with Gasteiger partial charge < -0.3 is 15.3 Å². The second-order valence-corrected chi connectivity index (χ2v) is 4.69. The van der Waals surface area contributed by atoms with E-state index < -0.39 is 23.8 Å². The smallest absolute Gasteiger partial charge is 0.185 e. The number of thioether (sulfide) groups is 1. The van der Waals surface area contributed by atoms with E-state index in [9.17, 15) is 19.4 Å². The van der Waals surface area contributed by atoms with Gasteiger partial charge in [0.1, 0.15) is 6.10 Å². The number of aliphatic hydroxyl groups is 2. The summed E-state index contributed by atoms with van der Waals surface area (Å²) in [4.78, 5) is 10.7. The number of aromatic hydroxyl groups is 1. The molecule has 2 unspecified atom stereocenters. The van der Waals surface area contributed by atoms with Crippen LogP contribution in [0.4, 0.5) is 4.39 Å². The number of halogens is 1. The van der Waals surface area contributed by atoms with Crippen LogP contribution < -0.4 is 0 Å². The molecule has 0 aliphatic rings. The van der Waals surface area contributed by atoms with E-state index in [0.717, 1.165) is 17.8 Å². The first-order valence-corrected chi connectivity index (χ1v) is 5.89. The van der Waals surface area contributed by atoms with Crippen LogP contribution in [0.1, 0.15) is 18.6 Å². The quantitative estimate of drug-likeness (QED) is 0.758. The lowest BCUT2D eigenvalue weighted by Crippen LogP contribution is -2.22. The van der Waals surface area contributed by atoms with Crippen molar-refractivity contribution in [2.45, 2.75) is 19.1 Å². The molecule has 0 amide bonds. The molecule has 0 spiro atoms. The lowest BCUT2D eigenvalue weighted by Gasteiger charge is -2.18. The maximum absolute atomic E-state index is 13.4. The van der Waals surface area contributed by atoms with Gasteiger partial charge in [-0.3, -0.25) is 4.79 Å². The lowest BCUT2D eigenvalue weighted by molar-refractivity contribution is -0.109. The number of hydrogen-bond acceptors (Lipinski definition) is 5.